The van der Waals surface area contributed by atoms with E-state index in [1.807, 2.05) is 13.8 Å². The Kier molecular flexibility index (Phi) is 6.87. The highest BCUT2D eigenvalue weighted by Gasteiger charge is 2.59. The molecule has 2 saturated carbocycles. The van der Waals surface area contributed by atoms with Crippen molar-refractivity contribution in [3.05, 3.63) is 23.3 Å². The van der Waals surface area contributed by atoms with Gasteiger partial charge in [-0.05, 0) is 66.6 Å². The highest BCUT2D eigenvalue weighted by atomic mass is 16.6. The predicted octanol–water partition coefficient (Wildman–Crippen LogP) is 3.88. The number of ether oxygens (including phenoxy) is 3. The van der Waals surface area contributed by atoms with Gasteiger partial charge in [-0.15, -0.1) is 0 Å². The van der Waals surface area contributed by atoms with E-state index in [0.717, 1.165) is 16.7 Å². The van der Waals surface area contributed by atoms with Crippen LogP contribution in [0.5, 0.6) is 0 Å². The highest BCUT2D eigenvalue weighted by Crippen LogP contribution is 2.60. The van der Waals surface area contributed by atoms with Gasteiger partial charge >= 0.3 is 17.9 Å². The lowest BCUT2D eigenvalue weighted by molar-refractivity contribution is -0.186. The van der Waals surface area contributed by atoms with Crippen molar-refractivity contribution in [1.29, 1.82) is 0 Å². The monoisotopic (exact) mass is 462 g/mol. The molecule has 3 rings (SSSR count). The summed E-state index contributed by atoms with van der Waals surface area (Å²) in [7, 11) is 0. The molecule has 7 nitrogen and oxygen atoms in total. The zero-order valence-electron chi connectivity index (χ0n) is 20.9. The molecule has 0 aliphatic heterocycles. The Labute approximate surface area is 196 Å². The molecular formula is C26H38O7. The lowest BCUT2D eigenvalue weighted by atomic mass is 9.50. The van der Waals surface area contributed by atoms with Crippen molar-refractivity contribution in [2.75, 3.05) is 0 Å². The third-order valence-corrected chi connectivity index (χ3v) is 8.37. The van der Waals surface area contributed by atoms with E-state index in [9.17, 15) is 19.5 Å². The number of aliphatic hydroxyl groups is 1. The van der Waals surface area contributed by atoms with Crippen LogP contribution in [0, 0.1) is 22.7 Å². The number of fused-ring (bicyclic) bond motifs is 3. The smallest absolute Gasteiger partial charge is 0.303 e. The van der Waals surface area contributed by atoms with E-state index in [1.54, 1.807) is 0 Å². The second-order valence-electron chi connectivity index (χ2n) is 10.8. The molecule has 0 radical (unpaired) electrons. The summed E-state index contributed by atoms with van der Waals surface area (Å²) < 4.78 is 17.6. The van der Waals surface area contributed by atoms with Gasteiger partial charge in [0.25, 0.3) is 0 Å². The van der Waals surface area contributed by atoms with E-state index in [1.165, 1.54) is 20.8 Å². The van der Waals surface area contributed by atoms with Crippen molar-refractivity contribution < 1.29 is 33.7 Å². The molecular weight excluding hydrogens is 424 g/mol. The van der Waals surface area contributed by atoms with E-state index < -0.39 is 47.2 Å². The summed E-state index contributed by atoms with van der Waals surface area (Å²) in [5.41, 5.74) is 1.39. The van der Waals surface area contributed by atoms with E-state index in [2.05, 4.69) is 20.4 Å². The first-order valence-electron chi connectivity index (χ1n) is 11.8. The van der Waals surface area contributed by atoms with Gasteiger partial charge in [0.2, 0.25) is 0 Å². The largest absolute Gasteiger partial charge is 0.458 e. The Balaban J connectivity index is 2.30. The molecule has 1 N–H and O–H groups in total. The van der Waals surface area contributed by atoms with Crippen molar-refractivity contribution in [3.63, 3.8) is 0 Å². The van der Waals surface area contributed by atoms with E-state index >= 15 is 0 Å². The van der Waals surface area contributed by atoms with Gasteiger partial charge < -0.3 is 19.3 Å². The molecule has 0 unspecified atom stereocenters. The van der Waals surface area contributed by atoms with E-state index in [-0.39, 0.29) is 17.8 Å². The molecule has 0 amide bonds. The number of carbonyl (C=O) groups is 3. The minimum Gasteiger partial charge on any atom is -0.458 e. The summed E-state index contributed by atoms with van der Waals surface area (Å²) in [5, 5.41) is 10.7. The van der Waals surface area contributed by atoms with Crippen molar-refractivity contribution in [2.45, 2.75) is 98.6 Å². The Morgan fingerprint density at radius 1 is 0.970 bits per heavy atom. The summed E-state index contributed by atoms with van der Waals surface area (Å²) in [4.78, 5) is 36.5. The van der Waals surface area contributed by atoms with Crippen LogP contribution < -0.4 is 0 Å². The highest BCUT2D eigenvalue weighted by molar-refractivity contribution is 5.68. The summed E-state index contributed by atoms with van der Waals surface area (Å²) in [6.45, 7) is 16.5. The molecule has 0 saturated heterocycles. The molecule has 2 bridgehead atoms. The maximum atomic E-state index is 12.3. The Bertz CT molecular complexity index is 885. The maximum absolute atomic E-state index is 12.3. The van der Waals surface area contributed by atoms with Crippen molar-refractivity contribution in [1.82, 2.24) is 0 Å². The van der Waals surface area contributed by atoms with Crippen molar-refractivity contribution >= 4 is 17.9 Å². The Hall–Kier alpha value is -2.15. The third kappa shape index (κ3) is 4.48. The van der Waals surface area contributed by atoms with Crippen molar-refractivity contribution in [2.24, 2.45) is 22.7 Å². The van der Waals surface area contributed by atoms with E-state index in [0.29, 0.717) is 25.7 Å². The van der Waals surface area contributed by atoms with Crippen LogP contribution in [0.4, 0.5) is 0 Å². The molecule has 33 heavy (non-hydrogen) atoms. The van der Waals surface area contributed by atoms with Gasteiger partial charge in [-0.3, -0.25) is 14.4 Å². The van der Waals surface area contributed by atoms with Crippen LogP contribution in [0.25, 0.3) is 0 Å². The number of aliphatic hydroxyl groups excluding tert-OH is 1. The van der Waals surface area contributed by atoms with Gasteiger partial charge in [-0.2, -0.15) is 0 Å². The van der Waals surface area contributed by atoms with Gasteiger partial charge in [0.05, 0.1) is 6.10 Å². The molecule has 0 aromatic rings. The lowest BCUT2D eigenvalue weighted by Crippen LogP contribution is -2.59. The lowest BCUT2D eigenvalue weighted by Gasteiger charge is -2.57. The normalized spacial score (nSPS) is 37.9. The first-order valence-corrected chi connectivity index (χ1v) is 11.8. The second kappa shape index (κ2) is 8.90. The van der Waals surface area contributed by atoms with Crippen LogP contribution in [0.2, 0.25) is 0 Å². The molecule has 0 spiro atoms. The van der Waals surface area contributed by atoms with Gasteiger partial charge in [0.15, 0.2) is 6.10 Å². The zero-order valence-corrected chi connectivity index (χ0v) is 20.9. The average molecular weight is 463 g/mol. The molecule has 7 atom stereocenters. The van der Waals surface area contributed by atoms with Crippen molar-refractivity contribution in [3.8, 4) is 0 Å². The molecule has 0 aromatic heterocycles. The van der Waals surface area contributed by atoms with Crippen LogP contribution in [0.15, 0.2) is 23.3 Å². The topological polar surface area (TPSA) is 99.1 Å². The number of carbonyl (C=O) groups excluding carboxylic acids is 3. The quantitative estimate of drug-likeness (QED) is 0.386. The third-order valence-electron chi connectivity index (χ3n) is 8.37. The molecule has 0 aromatic carbocycles. The number of rotatable bonds is 3. The van der Waals surface area contributed by atoms with Gasteiger partial charge in [0.1, 0.15) is 12.2 Å². The summed E-state index contributed by atoms with van der Waals surface area (Å²) >= 11 is 0. The fourth-order valence-electron chi connectivity index (χ4n) is 6.63. The Morgan fingerprint density at radius 3 is 2.09 bits per heavy atom. The summed E-state index contributed by atoms with van der Waals surface area (Å²) in [6.07, 6.45) is -0.286. The minimum absolute atomic E-state index is 0.0725. The fourth-order valence-corrected chi connectivity index (χ4v) is 6.63. The van der Waals surface area contributed by atoms with Gasteiger partial charge in [-0.25, -0.2) is 0 Å². The molecule has 0 heterocycles. The average Bonchev–Trinajstić information content (AvgIpc) is 2.67. The number of esters is 3. The van der Waals surface area contributed by atoms with Crippen LogP contribution >= 0.6 is 0 Å². The fraction of sp³-hybridized carbons (Fsp3) is 0.731. The van der Waals surface area contributed by atoms with Crippen LogP contribution in [0.3, 0.4) is 0 Å². The standard InChI is InChI=1S/C26H38O7/c1-13-19-11-18-12-21(31-15(3)27)14(2)22(25(18,6)7)23(32-16(4)28)24(33-17(5)29)26(19,8)10-9-20(13)30/h18-21,23-24,30H,1,9-12H2,2-8H3/t18-,19+,20-,21-,23+,24-,26+/m0/s1. The Morgan fingerprint density at radius 2 is 1.55 bits per heavy atom. The van der Waals surface area contributed by atoms with Gasteiger partial charge in [-0.1, -0.05) is 27.4 Å². The molecule has 7 heteroatoms. The van der Waals surface area contributed by atoms with E-state index in [4.69, 9.17) is 14.2 Å². The molecule has 3 aliphatic carbocycles. The van der Waals surface area contributed by atoms with Crippen LogP contribution in [-0.2, 0) is 28.6 Å². The second-order valence-corrected chi connectivity index (χ2v) is 10.8. The molecule has 3 aliphatic rings. The SMILES string of the molecule is C=C1[C@H]2C[C@H]3C[C@H](OC(C)=O)C(C)=C([C@@H](OC(C)=O)[C@H](OC(C)=O)[C@]2(C)CC[C@@H]1O)C3(C)C. The number of hydrogen-bond acceptors (Lipinski definition) is 7. The predicted molar refractivity (Wildman–Crippen MR) is 122 cm³/mol. The number of hydrogen-bond donors (Lipinski definition) is 1. The zero-order chi connectivity index (χ0) is 24.9. The minimum atomic E-state index is -0.835. The first kappa shape index (κ1) is 25.5. The molecule has 184 valence electrons. The summed E-state index contributed by atoms with van der Waals surface area (Å²) in [5.74, 6) is -1.41. The first-order chi connectivity index (χ1) is 15.2. The van der Waals surface area contributed by atoms with Gasteiger partial charge in [0, 0.05) is 26.2 Å². The summed E-state index contributed by atoms with van der Waals surface area (Å²) in [6, 6.07) is 0. The van der Waals surface area contributed by atoms with Crippen LogP contribution in [0.1, 0.15) is 74.1 Å². The molecule has 2 fully saturated rings. The van der Waals surface area contributed by atoms with Crippen LogP contribution in [-0.4, -0.2) is 47.4 Å². The maximum Gasteiger partial charge on any atom is 0.303 e.